The maximum Gasteiger partial charge on any atom is 0.407 e. The molecule has 0 saturated heterocycles. The summed E-state index contributed by atoms with van der Waals surface area (Å²) >= 11 is 12.0. The van der Waals surface area contributed by atoms with Crippen LogP contribution < -0.4 is 5.32 Å². The van der Waals surface area contributed by atoms with Crippen LogP contribution in [0.3, 0.4) is 0 Å². The smallest absolute Gasteiger partial charge is 0.407 e. The van der Waals surface area contributed by atoms with E-state index in [0.717, 1.165) is 18.4 Å². The minimum absolute atomic E-state index is 0.0783. The Morgan fingerprint density at radius 3 is 2.16 bits per heavy atom. The highest BCUT2D eigenvalue weighted by molar-refractivity contribution is 6.38. The van der Waals surface area contributed by atoms with Crippen molar-refractivity contribution >= 4 is 40.6 Å². The zero-order valence-electron chi connectivity index (χ0n) is 21.1. The number of hydrogen-bond acceptors (Lipinski definition) is 5. The molecule has 3 atom stereocenters. The Hall–Kier alpha value is -2.42. The summed E-state index contributed by atoms with van der Waals surface area (Å²) in [6.45, 7) is 3.41. The summed E-state index contributed by atoms with van der Waals surface area (Å²) in [5.41, 5.74) is 1.01. The quantitative estimate of drug-likeness (QED) is 0.260. The molecule has 1 saturated carbocycles. The number of carbonyl (C=O) groups excluding carboxylic acids is 3. The van der Waals surface area contributed by atoms with Crippen molar-refractivity contribution in [2.45, 2.75) is 70.6 Å². The van der Waals surface area contributed by atoms with Gasteiger partial charge in [0, 0.05) is 18.8 Å². The van der Waals surface area contributed by atoms with E-state index in [9.17, 15) is 32.7 Å². The fraction of sp³-hybridized carbons (Fsp3) is 0.464. The Morgan fingerprint density at radius 1 is 1.08 bits per heavy atom. The first-order chi connectivity index (χ1) is 17.8. The molecule has 0 bridgehead atoms. The number of rotatable bonds is 13. The first-order valence-electron chi connectivity index (χ1n) is 12.5. The maximum atomic E-state index is 14.2. The van der Waals surface area contributed by atoms with Crippen molar-refractivity contribution in [1.82, 2.24) is 5.32 Å². The number of phenols is 1. The number of hydrogen-bond donors (Lipinski definition) is 2. The SMILES string of the molecule is CC[C@H](CC(=O)[C@H](Cc1cc(Cl)c(O)c(Cl)c1)N[C@@H](c1ccc(C)cc1)C(F)(F)F)C(=O)C(=O)CC1CC1. The van der Waals surface area contributed by atoms with Crippen LogP contribution in [0.25, 0.3) is 0 Å². The predicted molar refractivity (Wildman–Crippen MR) is 139 cm³/mol. The first kappa shape index (κ1) is 30.1. The van der Waals surface area contributed by atoms with E-state index in [2.05, 4.69) is 5.32 Å². The largest absolute Gasteiger partial charge is 0.505 e. The van der Waals surface area contributed by atoms with E-state index in [1.165, 1.54) is 24.3 Å². The Bertz CT molecular complexity index is 1160. The molecule has 0 amide bonds. The van der Waals surface area contributed by atoms with E-state index in [-0.39, 0.29) is 53.0 Å². The molecule has 38 heavy (non-hydrogen) atoms. The van der Waals surface area contributed by atoms with Gasteiger partial charge in [-0.25, -0.2) is 0 Å². The molecule has 0 spiro atoms. The molecule has 0 aromatic heterocycles. The summed E-state index contributed by atoms with van der Waals surface area (Å²) in [4.78, 5) is 38.6. The monoisotopic (exact) mass is 571 g/mol. The molecule has 0 aliphatic heterocycles. The lowest BCUT2D eigenvalue weighted by atomic mass is 9.87. The van der Waals surface area contributed by atoms with Crippen molar-refractivity contribution in [1.29, 1.82) is 0 Å². The second-order valence-corrected chi connectivity index (χ2v) is 10.7. The summed E-state index contributed by atoms with van der Waals surface area (Å²) in [6.07, 6.45) is -3.26. The highest BCUT2D eigenvalue weighted by atomic mass is 35.5. The van der Waals surface area contributed by atoms with Crippen LogP contribution in [0.5, 0.6) is 5.75 Å². The molecule has 1 aliphatic rings. The number of aromatic hydroxyl groups is 1. The van der Waals surface area contributed by atoms with Gasteiger partial charge in [0.05, 0.1) is 16.1 Å². The number of phenolic OH excluding ortho intramolecular Hbond substituents is 1. The second-order valence-electron chi connectivity index (χ2n) is 9.93. The summed E-state index contributed by atoms with van der Waals surface area (Å²) < 4.78 is 42.6. The van der Waals surface area contributed by atoms with Gasteiger partial charge in [0.25, 0.3) is 0 Å². The number of ketones is 3. The normalized spacial score (nSPS) is 16.1. The predicted octanol–water partition coefficient (Wildman–Crippen LogP) is 6.74. The molecule has 0 radical (unpaired) electrons. The van der Waals surface area contributed by atoms with E-state index in [4.69, 9.17) is 23.2 Å². The van der Waals surface area contributed by atoms with Crippen LogP contribution in [-0.4, -0.2) is 34.7 Å². The van der Waals surface area contributed by atoms with Gasteiger partial charge in [-0.15, -0.1) is 0 Å². The minimum Gasteiger partial charge on any atom is -0.505 e. The van der Waals surface area contributed by atoms with Crippen molar-refractivity contribution in [2.24, 2.45) is 11.8 Å². The molecule has 0 heterocycles. The van der Waals surface area contributed by atoms with Crippen LogP contribution in [0.2, 0.25) is 10.0 Å². The molecule has 5 nitrogen and oxygen atoms in total. The molecule has 2 aromatic rings. The van der Waals surface area contributed by atoms with Gasteiger partial charge in [-0.3, -0.25) is 19.7 Å². The van der Waals surface area contributed by atoms with Gasteiger partial charge in [0.1, 0.15) is 6.04 Å². The fourth-order valence-corrected chi connectivity index (χ4v) is 4.83. The van der Waals surface area contributed by atoms with E-state index >= 15 is 0 Å². The summed E-state index contributed by atoms with van der Waals surface area (Å²) in [7, 11) is 0. The van der Waals surface area contributed by atoms with Crippen molar-refractivity contribution in [3.63, 3.8) is 0 Å². The van der Waals surface area contributed by atoms with Gasteiger partial charge < -0.3 is 5.11 Å². The Labute approximate surface area is 229 Å². The Balaban J connectivity index is 1.90. The molecular formula is C28H30Cl2F3NO4. The maximum absolute atomic E-state index is 14.2. The highest BCUT2D eigenvalue weighted by Crippen LogP contribution is 2.36. The van der Waals surface area contributed by atoms with Gasteiger partial charge in [-0.05, 0) is 61.8 Å². The fourth-order valence-electron chi connectivity index (χ4n) is 4.30. The minimum atomic E-state index is -4.74. The van der Waals surface area contributed by atoms with Gasteiger partial charge in [-0.2, -0.15) is 13.2 Å². The first-order valence-corrected chi connectivity index (χ1v) is 13.2. The van der Waals surface area contributed by atoms with Crippen LogP contribution in [0.4, 0.5) is 13.2 Å². The highest BCUT2D eigenvalue weighted by Gasteiger charge is 2.43. The van der Waals surface area contributed by atoms with E-state index in [1.54, 1.807) is 26.0 Å². The summed E-state index contributed by atoms with van der Waals surface area (Å²) in [5.74, 6) is -2.96. The zero-order valence-corrected chi connectivity index (χ0v) is 22.6. The number of carbonyl (C=O) groups is 3. The second kappa shape index (κ2) is 12.6. The van der Waals surface area contributed by atoms with Crippen LogP contribution in [-0.2, 0) is 20.8 Å². The van der Waals surface area contributed by atoms with Crippen molar-refractivity contribution in [2.75, 3.05) is 0 Å². The van der Waals surface area contributed by atoms with Crippen LogP contribution in [0.1, 0.15) is 61.8 Å². The summed E-state index contributed by atoms with van der Waals surface area (Å²) in [6, 6.07) is 4.84. The number of Topliss-reactive ketones (excluding diaryl/α,β-unsaturated/α-hetero) is 3. The van der Waals surface area contributed by atoms with Gasteiger partial charge in [0.15, 0.2) is 17.3 Å². The lowest BCUT2D eigenvalue weighted by Crippen LogP contribution is -2.46. The van der Waals surface area contributed by atoms with Crippen LogP contribution in [0.15, 0.2) is 36.4 Å². The summed E-state index contributed by atoms with van der Waals surface area (Å²) in [5, 5.41) is 12.1. The van der Waals surface area contributed by atoms with Crippen molar-refractivity contribution < 1.29 is 32.7 Å². The average Bonchev–Trinajstić information content (AvgIpc) is 3.66. The van der Waals surface area contributed by atoms with Gasteiger partial charge in [-0.1, -0.05) is 60.0 Å². The van der Waals surface area contributed by atoms with Crippen molar-refractivity contribution in [3.8, 4) is 5.75 Å². The average molecular weight is 572 g/mol. The molecule has 1 aliphatic carbocycles. The van der Waals surface area contributed by atoms with Gasteiger partial charge >= 0.3 is 6.18 Å². The standard InChI is InChI=1S/C28H30Cl2F3NO4/c1-3-18(25(37)24(36)13-16-6-7-16)14-23(35)22(12-17-10-20(29)26(38)21(30)11-17)34-27(28(31,32)33)19-8-4-15(2)5-9-19/h4-5,8-11,16,18,22,27,34,38H,3,6-7,12-14H2,1-2H3/t18-,22+,27+/m1/s1. The third-order valence-electron chi connectivity index (χ3n) is 6.77. The molecule has 0 unspecified atom stereocenters. The molecule has 2 N–H and O–H groups in total. The lowest BCUT2D eigenvalue weighted by molar-refractivity contribution is -0.160. The lowest BCUT2D eigenvalue weighted by Gasteiger charge is -2.28. The number of aryl methyl sites for hydroxylation is 1. The molecule has 10 heteroatoms. The number of halogens is 5. The molecular weight excluding hydrogens is 542 g/mol. The van der Waals surface area contributed by atoms with Gasteiger partial charge in [0.2, 0.25) is 5.78 Å². The molecule has 3 rings (SSSR count). The van der Waals surface area contributed by atoms with Crippen LogP contribution in [0, 0.1) is 18.8 Å². The topological polar surface area (TPSA) is 83.5 Å². The molecule has 206 valence electrons. The molecule has 1 fully saturated rings. The third kappa shape index (κ3) is 8.04. The van der Waals surface area contributed by atoms with E-state index in [1.807, 2.05) is 0 Å². The Morgan fingerprint density at radius 2 is 1.66 bits per heavy atom. The number of alkyl halides is 3. The van der Waals surface area contributed by atoms with E-state index in [0.29, 0.717) is 5.56 Å². The third-order valence-corrected chi connectivity index (χ3v) is 7.34. The van der Waals surface area contributed by atoms with Crippen molar-refractivity contribution in [3.05, 3.63) is 63.1 Å². The molecule has 2 aromatic carbocycles. The van der Waals surface area contributed by atoms with E-state index < -0.39 is 41.5 Å². The Kier molecular flexibility index (Phi) is 10.0. The van der Waals surface area contributed by atoms with Crippen LogP contribution >= 0.6 is 23.2 Å². The number of nitrogens with one attached hydrogen (secondary N) is 1. The zero-order chi connectivity index (χ0) is 28.2. The number of benzene rings is 2.